The van der Waals surface area contributed by atoms with Gasteiger partial charge in [0.25, 0.3) is 0 Å². The van der Waals surface area contributed by atoms with E-state index in [9.17, 15) is 29.3 Å². The number of unbranched alkanes of at least 4 members (excludes halogenated alkanes) is 22. The number of rotatable bonds is 42. The smallest absolute Gasteiger partial charge is 0.457 e. The van der Waals surface area contributed by atoms with Crippen LogP contribution in [0.2, 0.25) is 0 Å². The summed E-state index contributed by atoms with van der Waals surface area (Å²) >= 11 is 0. The van der Waals surface area contributed by atoms with Gasteiger partial charge in [-0.1, -0.05) is 153 Å². The first-order chi connectivity index (χ1) is 27.3. The average molecular weight is 815 g/mol. The summed E-state index contributed by atoms with van der Waals surface area (Å²) in [4.78, 5) is 34.5. The van der Waals surface area contributed by atoms with E-state index in [0.29, 0.717) is 12.8 Å². The number of carbonyl (C=O) groups excluding carboxylic acids is 2. The third-order valence-electron chi connectivity index (χ3n) is 9.57. The minimum absolute atomic E-state index is 0.176. The zero-order valence-corrected chi connectivity index (χ0v) is 36.5. The van der Waals surface area contributed by atoms with Crippen LogP contribution in [0.5, 0.6) is 0 Å². The van der Waals surface area contributed by atoms with E-state index in [-0.39, 0.29) is 12.8 Å². The summed E-state index contributed by atoms with van der Waals surface area (Å²) in [5.74, 6) is -1.03. The minimum Gasteiger partial charge on any atom is -0.457 e. The van der Waals surface area contributed by atoms with Crippen molar-refractivity contribution in [3.05, 3.63) is 36.5 Å². The minimum atomic E-state index is -4.64. The Morgan fingerprint density at radius 1 is 0.482 bits per heavy atom. The zero-order chi connectivity index (χ0) is 41.2. The fraction of sp³-hybridized carbons (Fsp3) is 0.822. The van der Waals surface area contributed by atoms with Gasteiger partial charge in [-0.3, -0.25) is 18.6 Å². The Hall–Kier alpha value is -1.81. The van der Waals surface area contributed by atoms with Gasteiger partial charge in [0, 0.05) is 12.8 Å². The van der Waals surface area contributed by atoms with Gasteiger partial charge in [0.05, 0.1) is 26.4 Å². The number of ether oxygens (including phenoxy) is 2. The molecule has 3 N–H and O–H groups in total. The summed E-state index contributed by atoms with van der Waals surface area (Å²) in [6.45, 7) is 2.17. The standard InChI is InChI=1S/C45H83O10P/c1-3-5-7-9-11-13-15-17-19-20-21-23-25-27-29-31-33-35-37-45(49)55-43(39-47)41-53-56(50,51)52-40-42(38-46)54-44(48)36-34-32-30-28-26-24-22-18-16-14-12-10-8-6-4-2/h12,14,18-20,22,42-43,46-47H,3-11,13,15-17,21,23-41H2,1-2H3,(H,50,51)/b14-12-,20-19-,22-18-. The normalized spacial score (nSPS) is 14.2. The van der Waals surface area contributed by atoms with E-state index in [1.165, 1.54) is 89.9 Å². The van der Waals surface area contributed by atoms with Crippen LogP contribution in [-0.4, -0.2) is 65.7 Å². The number of esters is 2. The zero-order valence-electron chi connectivity index (χ0n) is 35.6. The van der Waals surface area contributed by atoms with Gasteiger partial charge in [0.2, 0.25) is 0 Å². The van der Waals surface area contributed by atoms with Crippen molar-refractivity contribution in [2.75, 3.05) is 26.4 Å². The highest BCUT2D eigenvalue weighted by atomic mass is 31.2. The first kappa shape index (κ1) is 54.2. The molecule has 0 aromatic rings. The molecular formula is C45H83O10P. The van der Waals surface area contributed by atoms with E-state index in [2.05, 4.69) is 50.3 Å². The van der Waals surface area contributed by atoms with Crippen LogP contribution in [0.3, 0.4) is 0 Å². The summed E-state index contributed by atoms with van der Waals surface area (Å²) in [5.41, 5.74) is 0. The Kier molecular flexibility index (Phi) is 40.0. The summed E-state index contributed by atoms with van der Waals surface area (Å²) in [6.07, 6.45) is 42.5. The summed E-state index contributed by atoms with van der Waals surface area (Å²) in [6, 6.07) is 0. The van der Waals surface area contributed by atoms with Crippen molar-refractivity contribution in [2.24, 2.45) is 0 Å². The summed E-state index contributed by atoms with van der Waals surface area (Å²) in [7, 11) is -4.64. The highest BCUT2D eigenvalue weighted by Crippen LogP contribution is 2.43. The highest BCUT2D eigenvalue weighted by molar-refractivity contribution is 7.47. The van der Waals surface area contributed by atoms with Crippen LogP contribution in [0.15, 0.2) is 36.5 Å². The molecule has 0 aliphatic heterocycles. The maximum atomic E-state index is 12.4. The molecule has 0 saturated heterocycles. The van der Waals surface area contributed by atoms with Crippen molar-refractivity contribution in [2.45, 2.75) is 212 Å². The molecule has 0 amide bonds. The van der Waals surface area contributed by atoms with Crippen molar-refractivity contribution < 1.29 is 47.8 Å². The first-order valence-corrected chi connectivity index (χ1v) is 23.9. The number of hydrogen-bond donors (Lipinski definition) is 3. The number of allylic oxidation sites excluding steroid dienone is 6. The number of phosphoric ester groups is 1. The topological polar surface area (TPSA) is 149 Å². The van der Waals surface area contributed by atoms with Crippen molar-refractivity contribution in [1.29, 1.82) is 0 Å². The van der Waals surface area contributed by atoms with E-state index in [0.717, 1.165) is 70.6 Å². The van der Waals surface area contributed by atoms with Crippen LogP contribution in [0.1, 0.15) is 200 Å². The number of aliphatic hydroxyl groups excluding tert-OH is 2. The molecule has 56 heavy (non-hydrogen) atoms. The lowest BCUT2D eigenvalue weighted by atomic mass is 10.1. The summed E-state index contributed by atoms with van der Waals surface area (Å²) in [5, 5.41) is 19.2. The second kappa shape index (κ2) is 41.4. The maximum absolute atomic E-state index is 12.4. The van der Waals surface area contributed by atoms with Crippen LogP contribution >= 0.6 is 7.82 Å². The number of carbonyl (C=O) groups is 2. The Morgan fingerprint density at radius 2 is 0.786 bits per heavy atom. The van der Waals surface area contributed by atoms with Crippen LogP contribution in [0.25, 0.3) is 0 Å². The van der Waals surface area contributed by atoms with Gasteiger partial charge in [-0.25, -0.2) is 4.57 Å². The van der Waals surface area contributed by atoms with Crippen LogP contribution in [-0.2, 0) is 32.7 Å². The Bertz CT molecular complexity index is 1030. The molecule has 0 spiro atoms. The van der Waals surface area contributed by atoms with E-state index >= 15 is 0 Å². The molecule has 3 unspecified atom stereocenters. The van der Waals surface area contributed by atoms with Crippen molar-refractivity contribution >= 4 is 19.8 Å². The van der Waals surface area contributed by atoms with E-state index in [1.807, 2.05) is 0 Å². The van der Waals surface area contributed by atoms with Crippen LogP contribution < -0.4 is 0 Å². The predicted molar refractivity (Wildman–Crippen MR) is 228 cm³/mol. The molecule has 0 aromatic heterocycles. The Labute approximate surface area is 341 Å². The molecule has 328 valence electrons. The highest BCUT2D eigenvalue weighted by Gasteiger charge is 2.27. The molecule has 0 saturated carbocycles. The van der Waals surface area contributed by atoms with Gasteiger partial charge in [-0.05, 0) is 70.6 Å². The monoisotopic (exact) mass is 815 g/mol. The third-order valence-corrected chi connectivity index (χ3v) is 10.5. The molecule has 0 fully saturated rings. The van der Waals surface area contributed by atoms with Crippen molar-refractivity contribution in [3.8, 4) is 0 Å². The van der Waals surface area contributed by atoms with Gasteiger partial charge in [-0.15, -0.1) is 0 Å². The Morgan fingerprint density at radius 3 is 1.16 bits per heavy atom. The second-order valence-electron chi connectivity index (χ2n) is 15.0. The lowest BCUT2D eigenvalue weighted by Crippen LogP contribution is -2.28. The van der Waals surface area contributed by atoms with Gasteiger partial charge in [0.15, 0.2) is 0 Å². The van der Waals surface area contributed by atoms with Crippen LogP contribution in [0, 0.1) is 0 Å². The van der Waals surface area contributed by atoms with Gasteiger partial charge >= 0.3 is 19.8 Å². The quantitative estimate of drug-likeness (QED) is 0.0235. The maximum Gasteiger partial charge on any atom is 0.472 e. The fourth-order valence-corrected chi connectivity index (χ4v) is 6.86. The predicted octanol–water partition coefficient (Wildman–Crippen LogP) is 11.9. The SMILES string of the molecule is CCCCC/C=C\C/C=C\CCCCCCCC(=O)OC(CO)COP(=O)(O)OCC(CO)OC(=O)CCCCCCCCC/C=C\CCCCCCCCC. The Balaban J connectivity index is 3.92. The molecule has 0 aromatic carbocycles. The largest absolute Gasteiger partial charge is 0.472 e. The van der Waals surface area contributed by atoms with Gasteiger partial charge in [-0.2, -0.15) is 0 Å². The lowest BCUT2D eigenvalue weighted by molar-refractivity contribution is -0.153. The van der Waals surface area contributed by atoms with Gasteiger partial charge in [0.1, 0.15) is 12.2 Å². The lowest BCUT2D eigenvalue weighted by Gasteiger charge is -2.20. The fourth-order valence-electron chi connectivity index (χ4n) is 6.08. The molecule has 10 nitrogen and oxygen atoms in total. The molecular weight excluding hydrogens is 731 g/mol. The molecule has 0 aliphatic carbocycles. The summed E-state index contributed by atoms with van der Waals surface area (Å²) < 4.78 is 32.6. The third kappa shape index (κ3) is 39.0. The van der Waals surface area contributed by atoms with E-state index < -0.39 is 58.4 Å². The number of aliphatic hydroxyl groups is 2. The van der Waals surface area contributed by atoms with E-state index in [4.69, 9.17) is 18.5 Å². The number of hydrogen-bond acceptors (Lipinski definition) is 9. The molecule has 3 atom stereocenters. The molecule has 0 heterocycles. The van der Waals surface area contributed by atoms with E-state index in [1.54, 1.807) is 0 Å². The molecule has 0 aliphatic rings. The van der Waals surface area contributed by atoms with Crippen molar-refractivity contribution in [3.63, 3.8) is 0 Å². The van der Waals surface area contributed by atoms with Crippen molar-refractivity contribution in [1.82, 2.24) is 0 Å². The van der Waals surface area contributed by atoms with Gasteiger partial charge < -0.3 is 24.6 Å². The second-order valence-corrected chi connectivity index (χ2v) is 16.5. The first-order valence-electron chi connectivity index (χ1n) is 22.4. The number of phosphoric acid groups is 1. The molecule has 0 radical (unpaired) electrons. The average Bonchev–Trinajstić information content (AvgIpc) is 3.19. The van der Waals surface area contributed by atoms with Crippen LogP contribution in [0.4, 0.5) is 0 Å². The molecule has 0 bridgehead atoms. The molecule has 0 rings (SSSR count). The molecule has 11 heteroatoms.